The van der Waals surface area contributed by atoms with E-state index in [1.807, 2.05) is 24.3 Å². The monoisotopic (exact) mass is 282 g/mol. The number of pyridine rings is 1. The van der Waals surface area contributed by atoms with Gasteiger partial charge in [-0.15, -0.1) is 0 Å². The summed E-state index contributed by atoms with van der Waals surface area (Å²) in [5.41, 5.74) is 2.46. The van der Waals surface area contributed by atoms with Gasteiger partial charge in [-0.2, -0.15) is 0 Å². The first-order chi connectivity index (χ1) is 10.3. The first-order valence-electron chi connectivity index (χ1n) is 6.21. The van der Waals surface area contributed by atoms with E-state index in [1.54, 1.807) is 49.1 Å². The van der Waals surface area contributed by atoms with Crippen LogP contribution in [-0.4, -0.2) is 20.7 Å². The molecule has 106 valence electrons. The molecular formula is C15H14N4O2. The van der Waals surface area contributed by atoms with Crippen LogP contribution in [0.3, 0.4) is 0 Å². The van der Waals surface area contributed by atoms with Gasteiger partial charge >= 0.3 is 6.09 Å². The molecule has 0 radical (unpaired) electrons. The summed E-state index contributed by atoms with van der Waals surface area (Å²) < 4.78 is 6.40. The summed E-state index contributed by atoms with van der Waals surface area (Å²) in [7, 11) is 0. The van der Waals surface area contributed by atoms with E-state index in [9.17, 15) is 4.79 Å². The highest BCUT2D eigenvalue weighted by Crippen LogP contribution is 2.08. The molecule has 1 aromatic carbocycles. The predicted octanol–water partition coefficient (Wildman–Crippen LogP) is 2.71. The third kappa shape index (κ3) is 5.56. The first-order valence-corrected chi connectivity index (χ1v) is 6.21. The summed E-state index contributed by atoms with van der Waals surface area (Å²) >= 11 is 0. The lowest BCUT2D eigenvalue weighted by molar-refractivity contribution is 0.212. The zero-order chi connectivity index (χ0) is 14.8. The van der Waals surface area contributed by atoms with Crippen LogP contribution in [0.15, 0.2) is 79.6 Å². The van der Waals surface area contributed by atoms with Gasteiger partial charge in [-0.25, -0.2) is 19.9 Å². The molecule has 0 fully saturated rings. The van der Waals surface area contributed by atoms with Crippen LogP contribution in [0.5, 0.6) is 5.75 Å². The molecule has 1 amide bonds. The van der Waals surface area contributed by atoms with Gasteiger partial charge in [0.15, 0.2) is 0 Å². The normalized spacial score (nSPS) is 9.14. The van der Waals surface area contributed by atoms with Gasteiger partial charge in [0, 0.05) is 24.8 Å². The smallest absolute Gasteiger partial charge is 0.409 e. The second-order valence-electron chi connectivity index (χ2n) is 3.81. The molecule has 0 atom stereocenters. The summed E-state index contributed by atoms with van der Waals surface area (Å²) in [5, 5.41) is 0. The van der Waals surface area contributed by atoms with E-state index in [2.05, 4.69) is 15.4 Å². The summed E-state index contributed by atoms with van der Waals surface area (Å²) in [6.07, 6.45) is 7.57. The van der Waals surface area contributed by atoms with Gasteiger partial charge in [0.05, 0.1) is 0 Å². The highest BCUT2D eigenvalue weighted by atomic mass is 16.6. The van der Waals surface area contributed by atoms with Crippen LogP contribution in [0, 0.1) is 0 Å². The summed E-state index contributed by atoms with van der Waals surface area (Å²) in [5.74, 6) is 0.495. The Bertz CT molecular complexity index is 601. The predicted molar refractivity (Wildman–Crippen MR) is 78.3 cm³/mol. The van der Waals surface area contributed by atoms with Crippen molar-refractivity contribution in [2.45, 2.75) is 0 Å². The number of imidazole rings is 1. The number of carbonyl (C=O) groups excluding carboxylic acids is 1. The van der Waals surface area contributed by atoms with Crippen molar-refractivity contribution in [1.29, 1.82) is 0 Å². The fraction of sp³-hybridized carbons (Fsp3) is 0. The number of ether oxygens (including phenoxy) is 1. The second-order valence-corrected chi connectivity index (χ2v) is 3.81. The molecule has 0 saturated heterocycles. The Balaban J connectivity index is 0.000000225. The standard InChI is InChI=1S/C10H9N3O2.C5H5N/c14-10(12-13-7-6-11-8-13)15-9-4-2-1-3-5-9;1-2-4-6-5-3-1/h1-8H,(H,12,14);1-5H. The molecule has 0 aliphatic heterocycles. The van der Waals surface area contributed by atoms with Gasteiger partial charge in [0.25, 0.3) is 0 Å². The zero-order valence-corrected chi connectivity index (χ0v) is 11.2. The van der Waals surface area contributed by atoms with Crippen LogP contribution in [0.2, 0.25) is 0 Å². The average Bonchev–Trinajstić information content (AvgIpc) is 3.03. The first kappa shape index (κ1) is 14.3. The van der Waals surface area contributed by atoms with Crippen molar-refractivity contribution in [3.05, 3.63) is 79.6 Å². The number of hydrogen-bond acceptors (Lipinski definition) is 4. The minimum Gasteiger partial charge on any atom is -0.409 e. The van der Waals surface area contributed by atoms with E-state index in [-0.39, 0.29) is 0 Å². The number of aromatic nitrogens is 3. The molecule has 3 aromatic rings. The third-order valence-corrected chi connectivity index (χ3v) is 2.25. The maximum absolute atomic E-state index is 11.3. The quantitative estimate of drug-likeness (QED) is 0.784. The number of rotatable bonds is 2. The molecule has 2 aromatic heterocycles. The number of nitrogens with zero attached hydrogens (tertiary/aromatic N) is 3. The van der Waals surface area contributed by atoms with Crippen molar-refractivity contribution in [3.8, 4) is 5.75 Å². The molecule has 2 heterocycles. The molecular weight excluding hydrogens is 268 g/mol. The van der Waals surface area contributed by atoms with Crippen LogP contribution in [-0.2, 0) is 0 Å². The largest absolute Gasteiger partial charge is 0.431 e. The Morgan fingerprint density at radius 1 is 0.952 bits per heavy atom. The van der Waals surface area contributed by atoms with Crippen LogP contribution >= 0.6 is 0 Å². The molecule has 0 aliphatic rings. The Labute approximate surface area is 122 Å². The molecule has 0 spiro atoms. The van der Waals surface area contributed by atoms with Gasteiger partial charge in [0.2, 0.25) is 0 Å². The number of carbonyl (C=O) groups is 1. The van der Waals surface area contributed by atoms with Crippen molar-refractivity contribution < 1.29 is 9.53 Å². The van der Waals surface area contributed by atoms with Crippen LogP contribution in [0.4, 0.5) is 4.79 Å². The zero-order valence-electron chi connectivity index (χ0n) is 11.2. The lowest BCUT2D eigenvalue weighted by Crippen LogP contribution is -2.24. The Kier molecular flexibility index (Phi) is 5.51. The average molecular weight is 282 g/mol. The minimum atomic E-state index is -0.556. The number of nitrogens with one attached hydrogen (secondary N) is 1. The van der Waals surface area contributed by atoms with E-state index in [0.29, 0.717) is 5.75 Å². The maximum Gasteiger partial charge on any atom is 0.431 e. The SMILES string of the molecule is O=C(Nn1ccnc1)Oc1ccccc1.c1ccncc1. The van der Waals surface area contributed by atoms with Crippen LogP contribution in [0.25, 0.3) is 0 Å². The fourth-order valence-corrected chi connectivity index (χ4v) is 1.36. The highest BCUT2D eigenvalue weighted by Gasteiger charge is 2.02. The Morgan fingerprint density at radius 2 is 1.67 bits per heavy atom. The highest BCUT2D eigenvalue weighted by molar-refractivity contribution is 5.78. The van der Waals surface area contributed by atoms with Crippen molar-refractivity contribution in [2.24, 2.45) is 0 Å². The molecule has 0 aliphatic carbocycles. The minimum absolute atomic E-state index is 0.495. The topological polar surface area (TPSA) is 69.0 Å². The lowest BCUT2D eigenvalue weighted by Gasteiger charge is -2.05. The summed E-state index contributed by atoms with van der Waals surface area (Å²) in [6.45, 7) is 0. The lowest BCUT2D eigenvalue weighted by atomic mass is 10.3. The number of hydrogen-bond donors (Lipinski definition) is 1. The molecule has 21 heavy (non-hydrogen) atoms. The van der Waals surface area contributed by atoms with Crippen LogP contribution in [0.1, 0.15) is 0 Å². The second kappa shape index (κ2) is 8.11. The van der Waals surface area contributed by atoms with Crippen molar-refractivity contribution in [3.63, 3.8) is 0 Å². The van der Waals surface area contributed by atoms with E-state index >= 15 is 0 Å². The fourth-order valence-electron chi connectivity index (χ4n) is 1.36. The third-order valence-electron chi connectivity index (χ3n) is 2.25. The van der Waals surface area contributed by atoms with E-state index < -0.39 is 6.09 Å². The van der Waals surface area contributed by atoms with Gasteiger partial charge in [-0.05, 0) is 24.3 Å². The van der Waals surface area contributed by atoms with Gasteiger partial charge in [-0.3, -0.25) is 4.98 Å². The van der Waals surface area contributed by atoms with Crippen molar-refractivity contribution in [1.82, 2.24) is 14.6 Å². The van der Waals surface area contributed by atoms with Crippen molar-refractivity contribution >= 4 is 6.09 Å². The summed E-state index contributed by atoms with van der Waals surface area (Å²) in [4.78, 5) is 18.9. The molecule has 1 N–H and O–H groups in total. The van der Waals surface area contributed by atoms with E-state index in [0.717, 1.165) is 0 Å². The number of benzene rings is 1. The Morgan fingerprint density at radius 3 is 2.19 bits per heavy atom. The number of para-hydroxylation sites is 1. The number of amides is 1. The maximum atomic E-state index is 11.3. The molecule has 0 saturated carbocycles. The van der Waals surface area contributed by atoms with Gasteiger partial charge in [0.1, 0.15) is 12.1 Å². The molecule has 6 heteroatoms. The summed E-state index contributed by atoms with van der Waals surface area (Å²) in [6, 6.07) is 14.5. The van der Waals surface area contributed by atoms with E-state index in [4.69, 9.17) is 4.74 Å². The molecule has 6 nitrogen and oxygen atoms in total. The van der Waals surface area contributed by atoms with Crippen LogP contribution < -0.4 is 10.2 Å². The molecule has 0 bridgehead atoms. The van der Waals surface area contributed by atoms with Crippen molar-refractivity contribution in [2.75, 3.05) is 5.43 Å². The van der Waals surface area contributed by atoms with Gasteiger partial charge in [-0.1, -0.05) is 24.3 Å². The van der Waals surface area contributed by atoms with E-state index in [1.165, 1.54) is 11.0 Å². The van der Waals surface area contributed by atoms with Gasteiger partial charge < -0.3 is 4.74 Å². The Hall–Kier alpha value is -3.15. The molecule has 3 rings (SSSR count). The molecule has 0 unspecified atom stereocenters.